The smallest absolute Gasteiger partial charge is 0.331 e. The molecule has 3 aromatic rings. The number of halogens is 2. The lowest BCUT2D eigenvalue weighted by Gasteiger charge is -2.00. The second-order valence-corrected chi connectivity index (χ2v) is 6.78. The first-order valence-electron chi connectivity index (χ1n) is 6.89. The van der Waals surface area contributed by atoms with Gasteiger partial charge in [-0.2, -0.15) is 11.3 Å². The number of thiophene rings is 1. The molecule has 1 aromatic carbocycles. The van der Waals surface area contributed by atoms with E-state index in [-0.39, 0.29) is 17.2 Å². The van der Waals surface area contributed by atoms with E-state index in [2.05, 4.69) is 4.98 Å². The molecule has 0 aliphatic heterocycles. The number of aromatic nitrogens is 1. The standard InChI is InChI=1S/C17H11ClFNO2S2/c18-14-2-1-3-15(19)13(14)4-5-16(21)22-8-12-10-24-17(20-12)11-6-7-23-9-11/h1-7,9-10H,8H2/b5-4+. The Morgan fingerprint density at radius 1 is 1.33 bits per heavy atom. The van der Waals surface area contributed by atoms with E-state index in [1.165, 1.54) is 29.5 Å². The van der Waals surface area contributed by atoms with Crippen molar-refractivity contribution in [2.75, 3.05) is 0 Å². The van der Waals surface area contributed by atoms with Crippen molar-refractivity contribution >= 4 is 46.3 Å². The summed E-state index contributed by atoms with van der Waals surface area (Å²) < 4.78 is 18.7. The van der Waals surface area contributed by atoms with Gasteiger partial charge in [-0.15, -0.1) is 11.3 Å². The van der Waals surface area contributed by atoms with Gasteiger partial charge in [0.25, 0.3) is 0 Å². The highest BCUT2D eigenvalue weighted by Crippen LogP contribution is 2.26. The Morgan fingerprint density at radius 2 is 2.21 bits per heavy atom. The third-order valence-corrected chi connectivity index (χ3v) is 5.02. The van der Waals surface area contributed by atoms with Gasteiger partial charge >= 0.3 is 5.97 Å². The van der Waals surface area contributed by atoms with E-state index in [1.807, 2.05) is 22.2 Å². The SMILES string of the molecule is O=C(/C=C/c1c(F)cccc1Cl)OCc1csc(-c2ccsc2)n1. The van der Waals surface area contributed by atoms with Crippen LogP contribution in [-0.4, -0.2) is 11.0 Å². The third kappa shape index (κ3) is 4.08. The monoisotopic (exact) mass is 379 g/mol. The van der Waals surface area contributed by atoms with E-state index in [9.17, 15) is 9.18 Å². The molecule has 0 spiro atoms. The van der Waals surface area contributed by atoms with Gasteiger partial charge in [0.2, 0.25) is 0 Å². The number of rotatable bonds is 5. The maximum Gasteiger partial charge on any atom is 0.331 e. The molecular formula is C17H11ClFNO2S2. The Bertz CT molecular complexity index is 854. The molecular weight excluding hydrogens is 369 g/mol. The zero-order valence-corrected chi connectivity index (χ0v) is 14.6. The lowest BCUT2D eigenvalue weighted by molar-refractivity contribution is -0.139. The Morgan fingerprint density at radius 3 is 2.96 bits per heavy atom. The average molecular weight is 380 g/mol. The molecule has 0 amide bonds. The highest BCUT2D eigenvalue weighted by molar-refractivity contribution is 7.14. The topological polar surface area (TPSA) is 39.2 Å². The Labute approximate surface area is 151 Å². The van der Waals surface area contributed by atoms with Crippen LogP contribution < -0.4 is 0 Å². The fraction of sp³-hybridized carbons (Fsp3) is 0.0588. The number of nitrogens with zero attached hydrogens (tertiary/aromatic N) is 1. The van der Waals surface area contributed by atoms with Gasteiger partial charge in [-0.25, -0.2) is 14.2 Å². The van der Waals surface area contributed by atoms with Crippen LogP contribution in [0, 0.1) is 5.82 Å². The average Bonchev–Trinajstić information content (AvgIpc) is 3.23. The van der Waals surface area contributed by atoms with Crippen LogP contribution in [0.4, 0.5) is 4.39 Å². The fourth-order valence-electron chi connectivity index (χ4n) is 1.91. The van der Waals surface area contributed by atoms with Crippen molar-refractivity contribution in [3.8, 4) is 10.6 Å². The highest BCUT2D eigenvalue weighted by Gasteiger charge is 2.08. The molecule has 0 saturated carbocycles. The molecule has 7 heteroatoms. The second kappa shape index (κ2) is 7.70. The van der Waals surface area contributed by atoms with Crippen molar-refractivity contribution < 1.29 is 13.9 Å². The first-order valence-corrected chi connectivity index (χ1v) is 9.09. The summed E-state index contributed by atoms with van der Waals surface area (Å²) in [7, 11) is 0. The summed E-state index contributed by atoms with van der Waals surface area (Å²) >= 11 is 8.98. The molecule has 0 radical (unpaired) electrons. The number of ether oxygens (including phenoxy) is 1. The molecule has 0 fully saturated rings. The molecule has 2 aromatic heterocycles. The third-order valence-electron chi connectivity index (χ3n) is 3.07. The molecule has 0 N–H and O–H groups in total. The molecule has 122 valence electrons. The lowest BCUT2D eigenvalue weighted by Crippen LogP contribution is -2.01. The van der Waals surface area contributed by atoms with Crippen LogP contribution in [0.15, 0.2) is 46.5 Å². The predicted molar refractivity (Wildman–Crippen MR) is 95.7 cm³/mol. The molecule has 0 aliphatic rings. The molecule has 0 bridgehead atoms. The number of hydrogen-bond acceptors (Lipinski definition) is 5. The fourth-order valence-corrected chi connectivity index (χ4v) is 3.65. The highest BCUT2D eigenvalue weighted by atomic mass is 35.5. The summed E-state index contributed by atoms with van der Waals surface area (Å²) in [4.78, 5) is 16.2. The second-order valence-electron chi connectivity index (χ2n) is 4.73. The largest absolute Gasteiger partial charge is 0.456 e. The number of carbonyl (C=O) groups excluding carboxylic acids is 1. The van der Waals surface area contributed by atoms with E-state index in [0.717, 1.165) is 16.6 Å². The summed E-state index contributed by atoms with van der Waals surface area (Å²) in [5.41, 5.74) is 1.88. The molecule has 24 heavy (non-hydrogen) atoms. The predicted octanol–water partition coefficient (Wildman–Crippen LogP) is 5.42. The number of hydrogen-bond donors (Lipinski definition) is 0. The van der Waals surface area contributed by atoms with Crippen LogP contribution >= 0.6 is 34.3 Å². The summed E-state index contributed by atoms with van der Waals surface area (Å²) in [6.45, 7) is 0.0643. The van der Waals surface area contributed by atoms with E-state index in [0.29, 0.717) is 5.69 Å². The van der Waals surface area contributed by atoms with Gasteiger partial charge in [-0.3, -0.25) is 0 Å². The summed E-state index contributed by atoms with van der Waals surface area (Å²) in [5.74, 6) is -1.08. The molecule has 0 unspecified atom stereocenters. The van der Waals surface area contributed by atoms with Crippen LogP contribution in [0.3, 0.4) is 0 Å². The van der Waals surface area contributed by atoms with Gasteiger partial charge in [-0.05, 0) is 29.7 Å². The van der Waals surface area contributed by atoms with Crippen molar-refractivity contribution in [3.05, 3.63) is 68.6 Å². The molecule has 0 saturated heterocycles. The van der Waals surface area contributed by atoms with Crippen molar-refractivity contribution in [2.24, 2.45) is 0 Å². The van der Waals surface area contributed by atoms with Crippen LogP contribution in [0.2, 0.25) is 5.02 Å². The van der Waals surface area contributed by atoms with Crippen LogP contribution in [0.1, 0.15) is 11.3 Å². The molecule has 2 heterocycles. The van der Waals surface area contributed by atoms with Gasteiger partial charge in [-0.1, -0.05) is 17.7 Å². The first-order chi connectivity index (χ1) is 11.6. The number of thiazole rings is 1. The van der Waals surface area contributed by atoms with E-state index < -0.39 is 11.8 Å². The minimum absolute atomic E-state index is 0.0643. The Balaban J connectivity index is 1.59. The van der Waals surface area contributed by atoms with Gasteiger partial charge in [0, 0.05) is 28.0 Å². The van der Waals surface area contributed by atoms with Crippen LogP contribution in [0.5, 0.6) is 0 Å². The summed E-state index contributed by atoms with van der Waals surface area (Å²) in [6.07, 6.45) is 2.45. The van der Waals surface area contributed by atoms with E-state index in [4.69, 9.17) is 16.3 Å². The molecule has 3 rings (SSSR count). The van der Waals surface area contributed by atoms with Gasteiger partial charge in [0.1, 0.15) is 17.4 Å². The summed E-state index contributed by atoms with van der Waals surface area (Å²) in [5, 5.41) is 6.96. The Hall–Kier alpha value is -2.02. The number of esters is 1. The summed E-state index contributed by atoms with van der Waals surface area (Å²) in [6, 6.07) is 6.32. The van der Waals surface area contributed by atoms with E-state index in [1.54, 1.807) is 17.4 Å². The van der Waals surface area contributed by atoms with Crippen molar-refractivity contribution in [1.29, 1.82) is 0 Å². The van der Waals surface area contributed by atoms with Gasteiger partial charge in [0.15, 0.2) is 0 Å². The van der Waals surface area contributed by atoms with Crippen molar-refractivity contribution in [3.63, 3.8) is 0 Å². The number of benzene rings is 1. The Kier molecular flexibility index (Phi) is 5.40. The van der Waals surface area contributed by atoms with Crippen molar-refractivity contribution in [2.45, 2.75) is 6.61 Å². The zero-order chi connectivity index (χ0) is 16.9. The lowest BCUT2D eigenvalue weighted by atomic mass is 10.2. The quantitative estimate of drug-likeness (QED) is 0.439. The maximum atomic E-state index is 13.6. The minimum atomic E-state index is -0.584. The normalized spacial score (nSPS) is 11.1. The molecule has 0 atom stereocenters. The van der Waals surface area contributed by atoms with Crippen LogP contribution in [0.25, 0.3) is 16.6 Å². The van der Waals surface area contributed by atoms with E-state index >= 15 is 0 Å². The van der Waals surface area contributed by atoms with Gasteiger partial charge < -0.3 is 4.74 Å². The van der Waals surface area contributed by atoms with Crippen LogP contribution in [-0.2, 0) is 16.1 Å². The maximum absolute atomic E-state index is 13.6. The molecule has 3 nitrogen and oxygen atoms in total. The van der Waals surface area contributed by atoms with Crippen molar-refractivity contribution in [1.82, 2.24) is 4.98 Å². The zero-order valence-electron chi connectivity index (χ0n) is 12.2. The number of carbonyl (C=O) groups is 1. The molecule has 0 aliphatic carbocycles. The minimum Gasteiger partial charge on any atom is -0.456 e. The van der Waals surface area contributed by atoms with Gasteiger partial charge in [0.05, 0.1) is 10.7 Å². The first kappa shape index (κ1) is 16.8.